The lowest BCUT2D eigenvalue weighted by Crippen LogP contribution is -2.35. The van der Waals surface area contributed by atoms with Gasteiger partial charge in [0.15, 0.2) is 0 Å². The zero-order chi connectivity index (χ0) is 15.1. The summed E-state index contributed by atoms with van der Waals surface area (Å²) in [4.78, 5) is 14.7. The number of likely N-dealkylation sites (tertiary alicyclic amines) is 1. The number of benzene rings is 1. The van der Waals surface area contributed by atoms with Crippen molar-refractivity contribution >= 4 is 41.5 Å². The van der Waals surface area contributed by atoms with Gasteiger partial charge >= 0.3 is 0 Å². The summed E-state index contributed by atoms with van der Waals surface area (Å²) in [6, 6.07) is 5.94. The summed E-state index contributed by atoms with van der Waals surface area (Å²) in [5.74, 6) is 0.961. The third-order valence-electron chi connectivity index (χ3n) is 4.77. The molecule has 2 N–H and O–H groups in total. The number of carbonyl (C=O) groups excluding carboxylic acids is 1. The van der Waals surface area contributed by atoms with Crippen molar-refractivity contribution in [3.63, 3.8) is 0 Å². The van der Waals surface area contributed by atoms with E-state index in [0.29, 0.717) is 28.5 Å². The molecule has 2 fully saturated rings. The Kier molecular flexibility index (Phi) is 5.65. The summed E-state index contributed by atoms with van der Waals surface area (Å²) in [7, 11) is 0. The van der Waals surface area contributed by atoms with E-state index in [1.54, 1.807) is 6.07 Å². The van der Waals surface area contributed by atoms with E-state index in [0.717, 1.165) is 24.9 Å². The van der Waals surface area contributed by atoms with Gasteiger partial charge in [0.25, 0.3) is 0 Å². The highest BCUT2D eigenvalue weighted by atomic mass is 35.5. The van der Waals surface area contributed by atoms with E-state index in [1.165, 1.54) is 0 Å². The molecule has 1 aromatic rings. The van der Waals surface area contributed by atoms with Crippen LogP contribution in [0.3, 0.4) is 0 Å². The van der Waals surface area contributed by atoms with Crippen molar-refractivity contribution in [3.8, 4) is 0 Å². The van der Waals surface area contributed by atoms with E-state index in [-0.39, 0.29) is 30.2 Å². The molecule has 1 saturated heterocycles. The van der Waals surface area contributed by atoms with Gasteiger partial charge in [-0.15, -0.1) is 12.4 Å². The van der Waals surface area contributed by atoms with Gasteiger partial charge in [-0.2, -0.15) is 0 Å². The Labute approximate surface area is 147 Å². The van der Waals surface area contributed by atoms with Crippen LogP contribution in [0, 0.1) is 11.8 Å². The molecule has 4 atom stereocenters. The van der Waals surface area contributed by atoms with Gasteiger partial charge in [0.2, 0.25) is 5.91 Å². The molecule has 0 spiro atoms. The van der Waals surface area contributed by atoms with Gasteiger partial charge < -0.3 is 10.6 Å². The summed E-state index contributed by atoms with van der Waals surface area (Å²) in [6.07, 6.45) is 1.88. The van der Waals surface area contributed by atoms with E-state index in [9.17, 15) is 4.79 Å². The molecule has 22 heavy (non-hydrogen) atoms. The minimum Gasteiger partial charge on any atom is -0.339 e. The summed E-state index contributed by atoms with van der Waals surface area (Å²) in [5.41, 5.74) is 6.74. The number of amides is 1. The van der Waals surface area contributed by atoms with Gasteiger partial charge in [-0.3, -0.25) is 4.79 Å². The van der Waals surface area contributed by atoms with Crippen molar-refractivity contribution in [2.75, 3.05) is 13.1 Å². The minimum absolute atomic E-state index is 0. The Hall–Kier alpha value is -0.480. The summed E-state index contributed by atoms with van der Waals surface area (Å²) in [5, 5.41) is 1.15. The number of halogens is 3. The highest BCUT2D eigenvalue weighted by Crippen LogP contribution is 2.52. The lowest BCUT2D eigenvalue weighted by Gasteiger charge is -2.21. The first-order chi connectivity index (χ1) is 10.0. The van der Waals surface area contributed by atoms with Gasteiger partial charge in [0.05, 0.1) is 10.0 Å². The zero-order valence-corrected chi connectivity index (χ0v) is 14.8. The predicted octanol–water partition coefficient (Wildman–Crippen LogP) is 3.71. The third-order valence-corrected chi connectivity index (χ3v) is 5.60. The molecule has 1 aliphatic heterocycles. The maximum atomic E-state index is 12.7. The standard InChI is InChI=1S/C16H20Cl2N2O.ClH/c1-9-5-10(7-19)8-20(9)16(21)13-6-12(13)11-3-2-4-14(17)15(11)18;/h2-4,9-10,12-13H,5-8,19H2,1H3;1H. The van der Waals surface area contributed by atoms with Crippen LogP contribution in [0.25, 0.3) is 0 Å². The lowest BCUT2D eigenvalue weighted by atomic mass is 10.1. The van der Waals surface area contributed by atoms with Crippen molar-refractivity contribution in [3.05, 3.63) is 33.8 Å². The molecule has 0 radical (unpaired) electrons. The van der Waals surface area contributed by atoms with Gasteiger partial charge in [-0.1, -0.05) is 35.3 Å². The molecule has 1 aliphatic carbocycles. The van der Waals surface area contributed by atoms with E-state index in [2.05, 4.69) is 6.92 Å². The lowest BCUT2D eigenvalue weighted by molar-refractivity contribution is -0.133. The summed E-state index contributed by atoms with van der Waals surface area (Å²) in [6.45, 7) is 3.56. The van der Waals surface area contributed by atoms with E-state index >= 15 is 0 Å². The number of hydrogen-bond acceptors (Lipinski definition) is 2. The average molecular weight is 364 g/mol. The number of hydrogen-bond donors (Lipinski definition) is 1. The first kappa shape index (κ1) is 17.9. The molecule has 0 bridgehead atoms. The molecular weight excluding hydrogens is 343 g/mol. The van der Waals surface area contributed by atoms with Crippen molar-refractivity contribution in [2.45, 2.75) is 31.7 Å². The van der Waals surface area contributed by atoms with Gasteiger partial charge in [0, 0.05) is 18.5 Å². The second kappa shape index (κ2) is 6.96. The van der Waals surface area contributed by atoms with Crippen molar-refractivity contribution in [1.29, 1.82) is 0 Å². The second-order valence-electron chi connectivity index (χ2n) is 6.27. The molecule has 1 aromatic carbocycles. The van der Waals surface area contributed by atoms with E-state index in [4.69, 9.17) is 28.9 Å². The molecule has 1 saturated carbocycles. The molecule has 3 nitrogen and oxygen atoms in total. The second-order valence-corrected chi connectivity index (χ2v) is 7.05. The van der Waals surface area contributed by atoms with Crippen molar-refractivity contribution in [2.24, 2.45) is 17.6 Å². The van der Waals surface area contributed by atoms with Crippen LogP contribution in [0.15, 0.2) is 18.2 Å². The van der Waals surface area contributed by atoms with Crippen LogP contribution >= 0.6 is 35.6 Å². The molecule has 6 heteroatoms. The average Bonchev–Trinajstić information content (AvgIpc) is 3.17. The van der Waals surface area contributed by atoms with Crippen molar-refractivity contribution < 1.29 is 4.79 Å². The maximum Gasteiger partial charge on any atom is 0.226 e. The third kappa shape index (κ3) is 3.23. The summed E-state index contributed by atoms with van der Waals surface area (Å²) >= 11 is 12.3. The predicted molar refractivity (Wildman–Crippen MR) is 92.9 cm³/mol. The smallest absolute Gasteiger partial charge is 0.226 e. The van der Waals surface area contributed by atoms with Crippen LogP contribution in [-0.4, -0.2) is 29.9 Å². The fraction of sp³-hybridized carbons (Fsp3) is 0.562. The number of nitrogens with zero attached hydrogens (tertiary/aromatic N) is 1. The Morgan fingerprint density at radius 2 is 2.09 bits per heavy atom. The maximum absolute atomic E-state index is 12.7. The van der Waals surface area contributed by atoms with Gasteiger partial charge in [0.1, 0.15) is 0 Å². The molecule has 3 rings (SSSR count). The molecule has 1 amide bonds. The highest BCUT2D eigenvalue weighted by molar-refractivity contribution is 6.42. The van der Waals surface area contributed by atoms with Gasteiger partial charge in [-0.25, -0.2) is 0 Å². The largest absolute Gasteiger partial charge is 0.339 e. The van der Waals surface area contributed by atoms with Crippen LogP contribution in [0.5, 0.6) is 0 Å². The van der Waals surface area contributed by atoms with E-state index < -0.39 is 0 Å². The Balaban J connectivity index is 0.00000176. The fourth-order valence-corrected chi connectivity index (χ4v) is 3.90. The Bertz CT molecular complexity index is 566. The molecule has 0 aromatic heterocycles. The first-order valence-corrected chi connectivity index (χ1v) is 8.23. The normalized spacial score (nSPS) is 30.1. The SMILES string of the molecule is CC1CC(CN)CN1C(=O)C1CC1c1cccc(Cl)c1Cl.Cl. The van der Waals surface area contributed by atoms with Crippen LogP contribution in [0.4, 0.5) is 0 Å². The van der Waals surface area contributed by atoms with Crippen LogP contribution in [0.1, 0.15) is 31.2 Å². The van der Waals surface area contributed by atoms with Gasteiger partial charge in [-0.05, 0) is 49.8 Å². The molecule has 122 valence electrons. The first-order valence-electron chi connectivity index (χ1n) is 7.47. The highest BCUT2D eigenvalue weighted by Gasteiger charge is 2.48. The quantitative estimate of drug-likeness (QED) is 0.889. The van der Waals surface area contributed by atoms with Crippen LogP contribution < -0.4 is 5.73 Å². The molecule has 1 heterocycles. The van der Waals surface area contributed by atoms with Crippen LogP contribution in [-0.2, 0) is 4.79 Å². The van der Waals surface area contributed by atoms with E-state index in [1.807, 2.05) is 17.0 Å². The Morgan fingerprint density at radius 3 is 2.73 bits per heavy atom. The molecular formula is C16H21Cl3N2O. The topological polar surface area (TPSA) is 46.3 Å². The van der Waals surface area contributed by atoms with Crippen molar-refractivity contribution in [1.82, 2.24) is 4.90 Å². The molecule has 2 aliphatic rings. The number of rotatable bonds is 3. The number of nitrogens with two attached hydrogens (primary N) is 1. The Morgan fingerprint density at radius 1 is 1.36 bits per heavy atom. The number of carbonyl (C=O) groups is 1. The zero-order valence-electron chi connectivity index (χ0n) is 12.5. The fourth-order valence-electron chi connectivity index (χ4n) is 3.45. The minimum atomic E-state index is 0. The molecule has 4 unspecified atom stereocenters. The van der Waals surface area contributed by atoms with Crippen LogP contribution in [0.2, 0.25) is 10.0 Å². The monoisotopic (exact) mass is 362 g/mol. The summed E-state index contributed by atoms with van der Waals surface area (Å²) < 4.78 is 0.